The molecule has 0 amide bonds. The molecule has 2 aromatic rings. The fourth-order valence-corrected chi connectivity index (χ4v) is 11.0. The second kappa shape index (κ2) is 8.05. The van der Waals surface area contributed by atoms with Gasteiger partial charge in [-0.1, -0.05) is 102 Å². The normalized spacial score (nSPS) is 34.4. The lowest BCUT2D eigenvalue weighted by molar-refractivity contribution is -0.0314. The first kappa shape index (κ1) is 25.6. The Bertz CT molecular complexity index is 1380. The first-order valence-corrected chi connectivity index (χ1v) is 16.6. The zero-order valence-electron chi connectivity index (χ0n) is 26.2. The molecule has 0 heteroatoms. The van der Waals surface area contributed by atoms with Crippen molar-refractivity contribution in [3.8, 4) is 11.1 Å². The molecule has 40 heavy (non-hydrogen) atoms. The van der Waals surface area contributed by atoms with Crippen molar-refractivity contribution in [1.29, 1.82) is 0 Å². The Morgan fingerprint density at radius 3 is 1.68 bits per heavy atom. The van der Waals surface area contributed by atoms with Crippen LogP contribution in [0.3, 0.4) is 0 Å². The van der Waals surface area contributed by atoms with Crippen LogP contribution in [0.4, 0.5) is 0 Å². The van der Waals surface area contributed by atoms with Gasteiger partial charge in [0.05, 0.1) is 0 Å². The maximum absolute atomic E-state index is 2.82. The standard InChI is InChI=1S/C40H50/c1-37(2,3)28-8-10-31-33(18-28)34-19-29(38(4,5)6)9-11-32(34)36(31)39(7)13-12-27-17-30(20-35(27)39)40-21-24-14-25(22-40)16-26(15-24)23-40/h8-11,18-20,24-26,36H,12-17,21-23H2,1-7H3. The van der Waals surface area contributed by atoms with Crippen molar-refractivity contribution in [3.05, 3.63) is 81.4 Å². The largest absolute Gasteiger partial charge is 0.0623 e. The number of allylic oxidation sites excluding steroid dienone is 4. The molecule has 4 bridgehead atoms. The highest BCUT2D eigenvalue weighted by molar-refractivity contribution is 5.81. The van der Waals surface area contributed by atoms with Crippen molar-refractivity contribution >= 4 is 0 Å². The maximum Gasteiger partial charge on any atom is 0.0196 e. The number of hydrogen-bond acceptors (Lipinski definition) is 0. The fraction of sp³-hybridized carbons (Fsp3) is 0.600. The minimum atomic E-state index is 0.156. The Hall–Kier alpha value is -2.08. The summed E-state index contributed by atoms with van der Waals surface area (Å²) in [5.41, 5.74) is 15.6. The van der Waals surface area contributed by atoms with E-state index in [4.69, 9.17) is 0 Å². The first-order chi connectivity index (χ1) is 18.8. The third-order valence-electron chi connectivity index (χ3n) is 12.8. The van der Waals surface area contributed by atoms with Gasteiger partial charge in [-0.25, -0.2) is 0 Å². The second-order valence-electron chi connectivity index (χ2n) is 17.5. The Balaban J connectivity index is 1.24. The van der Waals surface area contributed by atoms with Crippen molar-refractivity contribution in [2.75, 3.05) is 0 Å². The molecule has 1 atom stereocenters. The van der Waals surface area contributed by atoms with Crippen LogP contribution in [0.25, 0.3) is 11.1 Å². The van der Waals surface area contributed by atoms with Gasteiger partial charge >= 0.3 is 0 Å². The summed E-state index contributed by atoms with van der Waals surface area (Å²) < 4.78 is 0. The summed E-state index contributed by atoms with van der Waals surface area (Å²) in [6.07, 6.45) is 15.9. The Kier molecular flexibility index (Phi) is 5.16. The third kappa shape index (κ3) is 3.56. The highest BCUT2D eigenvalue weighted by Gasteiger charge is 2.55. The van der Waals surface area contributed by atoms with Crippen molar-refractivity contribution in [3.63, 3.8) is 0 Å². The summed E-state index contributed by atoms with van der Waals surface area (Å²) in [7, 11) is 0. The third-order valence-corrected chi connectivity index (χ3v) is 12.8. The summed E-state index contributed by atoms with van der Waals surface area (Å²) in [5.74, 6) is 3.53. The van der Waals surface area contributed by atoms with E-state index in [0.717, 1.165) is 17.8 Å². The van der Waals surface area contributed by atoms with Crippen LogP contribution in [0.1, 0.15) is 134 Å². The monoisotopic (exact) mass is 530 g/mol. The molecule has 4 fully saturated rings. The summed E-state index contributed by atoms with van der Waals surface area (Å²) >= 11 is 0. The fourth-order valence-electron chi connectivity index (χ4n) is 11.0. The van der Waals surface area contributed by atoms with Crippen molar-refractivity contribution in [2.45, 2.75) is 123 Å². The molecule has 4 saturated carbocycles. The molecule has 1 unspecified atom stereocenters. The molecule has 7 aliphatic carbocycles. The molecule has 210 valence electrons. The topological polar surface area (TPSA) is 0 Å². The molecule has 0 aliphatic heterocycles. The molecule has 0 nitrogen and oxygen atoms in total. The SMILES string of the molecule is CC(C)(C)c1ccc2c(c1)-c1cc(C(C)(C)C)ccc1C2C1(C)CCC2=C1C=C(C13CC4CC(CC(C4)C1)C3)C2. The second-order valence-corrected chi connectivity index (χ2v) is 17.5. The average molecular weight is 531 g/mol. The average Bonchev–Trinajstić information content (AvgIpc) is 3.53. The van der Waals surface area contributed by atoms with Gasteiger partial charge in [0.15, 0.2) is 0 Å². The van der Waals surface area contributed by atoms with Crippen LogP contribution in [0.2, 0.25) is 0 Å². The van der Waals surface area contributed by atoms with Crippen molar-refractivity contribution in [2.24, 2.45) is 28.6 Å². The number of fused-ring (bicyclic) bond motifs is 3. The van der Waals surface area contributed by atoms with E-state index in [1.54, 1.807) is 41.5 Å². The highest BCUT2D eigenvalue weighted by atomic mass is 14.6. The Morgan fingerprint density at radius 2 is 1.20 bits per heavy atom. The van der Waals surface area contributed by atoms with Crippen LogP contribution in [-0.2, 0) is 10.8 Å². The Morgan fingerprint density at radius 1 is 0.700 bits per heavy atom. The molecule has 0 radical (unpaired) electrons. The van der Waals surface area contributed by atoms with E-state index in [9.17, 15) is 0 Å². The van der Waals surface area contributed by atoms with Gasteiger partial charge in [-0.2, -0.15) is 0 Å². The predicted molar refractivity (Wildman–Crippen MR) is 169 cm³/mol. The minimum absolute atomic E-state index is 0.156. The summed E-state index contributed by atoms with van der Waals surface area (Å²) in [5, 5.41) is 0. The highest BCUT2D eigenvalue weighted by Crippen LogP contribution is 2.68. The van der Waals surface area contributed by atoms with Crippen LogP contribution in [0.15, 0.2) is 59.2 Å². The number of hydrogen-bond donors (Lipinski definition) is 0. The van der Waals surface area contributed by atoms with Crippen LogP contribution in [-0.4, -0.2) is 0 Å². The molecule has 0 aromatic heterocycles. The summed E-state index contributed by atoms with van der Waals surface area (Å²) in [6.45, 7) is 16.8. The van der Waals surface area contributed by atoms with Crippen LogP contribution in [0, 0.1) is 28.6 Å². The quantitative estimate of drug-likeness (QED) is 0.362. The Labute approximate surface area is 243 Å². The van der Waals surface area contributed by atoms with Crippen LogP contribution >= 0.6 is 0 Å². The molecule has 0 spiro atoms. The van der Waals surface area contributed by atoms with Gasteiger partial charge in [-0.3, -0.25) is 0 Å². The lowest BCUT2D eigenvalue weighted by Gasteiger charge is -2.57. The molecular weight excluding hydrogens is 480 g/mol. The number of benzene rings is 2. The van der Waals surface area contributed by atoms with Crippen LogP contribution < -0.4 is 0 Å². The molecular formula is C40H50. The van der Waals surface area contributed by atoms with E-state index in [2.05, 4.69) is 90.9 Å². The molecule has 2 aromatic carbocycles. The lowest BCUT2D eigenvalue weighted by Crippen LogP contribution is -2.46. The minimum Gasteiger partial charge on any atom is -0.0623 e. The van der Waals surface area contributed by atoms with Gasteiger partial charge in [-0.05, 0) is 131 Å². The molecule has 0 saturated heterocycles. The van der Waals surface area contributed by atoms with E-state index < -0.39 is 0 Å². The summed E-state index contributed by atoms with van der Waals surface area (Å²) in [4.78, 5) is 0. The smallest absolute Gasteiger partial charge is 0.0196 e. The van der Waals surface area contributed by atoms with Gasteiger partial charge in [0.2, 0.25) is 0 Å². The van der Waals surface area contributed by atoms with Gasteiger partial charge in [0, 0.05) is 11.3 Å². The van der Waals surface area contributed by atoms with Crippen molar-refractivity contribution in [1.82, 2.24) is 0 Å². The molecule has 7 aliphatic rings. The lowest BCUT2D eigenvalue weighted by atomic mass is 9.47. The van der Waals surface area contributed by atoms with Crippen molar-refractivity contribution < 1.29 is 0 Å². The zero-order valence-corrected chi connectivity index (χ0v) is 26.2. The maximum atomic E-state index is 2.82. The van der Waals surface area contributed by atoms with Crippen LogP contribution in [0.5, 0.6) is 0 Å². The van der Waals surface area contributed by atoms with E-state index in [-0.39, 0.29) is 16.2 Å². The van der Waals surface area contributed by atoms with Gasteiger partial charge in [0.25, 0.3) is 0 Å². The van der Waals surface area contributed by atoms with E-state index in [1.165, 1.54) is 60.8 Å². The van der Waals surface area contributed by atoms with E-state index in [1.807, 2.05) is 5.57 Å². The number of rotatable bonds is 2. The molecule has 0 N–H and O–H groups in total. The molecule has 9 rings (SSSR count). The van der Waals surface area contributed by atoms with Gasteiger partial charge in [0.1, 0.15) is 0 Å². The summed E-state index contributed by atoms with van der Waals surface area (Å²) in [6, 6.07) is 15.1. The molecule has 0 heterocycles. The van der Waals surface area contributed by atoms with Gasteiger partial charge in [-0.15, -0.1) is 0 Å². The zero-order chi connectivity index (χ0) is 27.8. The first-order valence-electron chi connectivity index (χ1n) is 16.6. The van der Waals surface area contributed by atoms with E-state index in [0.29, 0.717) is 11.3 Å². The predicted octanol–water partition coefficient (Wildman–Crippen LogP) is 11.0. The van der Waals surface area contributed by atoms with Gasteiger partial charge < -0.3 is 0 Å². The van der Waals surface area contributed by atoms with E-state index >= 15 is 0 Å².